The predicted molar refractivity (Wildman–Crippen MR) is 87.8 cm³/mol. The van der Waals surface area contributed by atoms with E-state index in [1.165, 1.54) is 19.3 Å². The molecule has 1 aliphatic carbocycles. The van der Waals surface area contributed by atoms with Crippen LogP contribution < -0.4 is 5.32 Å². The number of hydrogen-bond acceptors (Lipinski definition) is 3. The molecule has 21 heavy (non-hydrogen) atoms. The topological polar surface area (TPSA) is 49.4 Å². The Bertz CT molecular complexity index is 397. The first-order chi connectivity index (χ1) is 10.0. The third kappa shape index (κ3) is 4.93. The molecule has 0 spiro atoms. The number of piperidine rings is 1. The minimum atomic E-state index is -3.07. The van der Waals surface area contributed by atoms with Crippen LogP contribution in [-0.4, -0.2) is 44.7 Å². The summed E-state index contributed by atoms with van der Waals surface area (Å²) in [5, 5.41) is 3.34. The Labute approximate surface area is 130 Å². The molecule has 0 aromatic heterocycles. The monoisotopic (exact) mass is 316 g/mol. The third-order valence-corrected chi connectivity index (χ3v) is 7.52. The van der Waals surface area contributed by atoms with E-state index in [0.29, 0.717) is 11.7 Å². The van der Waals surface area contributed by atoms with Gasteiger partial charge in [0.15, 0.2) is 0 Å². The van der Waals surface area contributed by atoms with E-state index in [2.05, 4.69) is 12.2 Å². The summed E-state index contributed by atoms with van der Waals surface area (Å²) in [4.78, 5) is 0. The molecule has 5 heteroatoms. The Morgan fingerprint density at radius 2 is 1.62 bits per heavy atom. The van der Waals surface area contributed by atoms with Crippen LogP contribution in [-0.2, 0) is 10.0 Å². The van der Waals surface area contributed by atoms with Gasteiger partial charge < -0.3 is 5.32 Å². The summed E-state index contributed by atoms with van der Waals surface area (Å²) in [6.07, 6.45) is 8.78. The van der Waals surface area contributed by atoms with Crippen molar-refractivity contribution in [3.8, 4) is 0 Å². The van der Waals surface area contributed by atoms with Gasteiger partial charge in [-0.15, -0.1) is 0 Å². The quantitative estimate of drug-likeness (QED) is 0.819. The van der Waals surface area contributed by atoms with Crippen molar-refractivity contribution in [2.45, 2.75) is 64.3 Å². The Morgan fingerprint density at radius 1 is 1.00 bits per heavy atom. The van der Waals surface area contributed by atoms with Crippen molar-refractivity contribution in [1.82, 2.24) is 9.62 Å². The average Bonchev–Trinajstić information content (AvgIpc) is 2.53. The van der Waals surface area contributed by atoms with Crippen LogP contribution in [0.3, 0.4) is 0 Å². The average molecular weight is 317 g/mol. The molecule has 2 aliphatic rings. The Kier molecular flexibility index (Phi) is 6.51. The molecule has 0 amide bonds. The van der Waals surface area contributed by atoms with Gasteiger partial charge in [0.05, 0.1) is 5.75 Å². The second-order valence-corrected chi connectivity index (χ2v) is 9.05. The molecule has 2 fully saturated rings. The molecule has 1 aliphatic heterocycles. The fourth-order valence-corrected chi connectivity index (χ4v) is 5.36. The molecule has 124 valence electrons. The van der Waals surface area contributed by atoms with Crippen LogP contribution in [0.15, 0.2) is 0 Å². The molecular weight excluding hydrogens is 284 g/mol. The lowest BCUT2D eigenvalue weighted by Gasteiger charge is -2.34. The SMILES string of the molecule is CCC1CCC(N(C)S(=O)(=O)CCC2CCNCC2)CC1. The van der Waals surface area contributed by atoms with Crippen LogP contribution in [0.2, 0.25) is 0 Å². The van der Waals surface area contributed by atoms with E-state index in [1.54, 1.807) is 11.4 Å². The number of rotatable bonds is 6. The smallest absolute Gasteiger partial charge is 0.214 e. The van der Waals surface area contributed by atoms with Crippen LogP contribution in [0.4, 0.5) is 0 Å². The fraction of sp³-hybridized carbons (Fsp3) is 1.00. The van der Waals surface area contributed by atoms with E-state index in [1.807, 2.05) is 0 Å². The summed E-state index contributed by atoms with van der Waals surface area (Å²) in [6, 6.07) is 0.242. The van der Waals surface area contributed by atoms with Gasteiger partial charge in [0.2, 0.25) is 10.0 Å². The molecule has 1 saturated heterocycles. The van der Waals surface area contributed by atoms with Crippen LogP contribution in [0.25, 0.3) is 0 Å². The van der Waals surface area contributed by atoms with Crippen LogP contribution in [0, 0.1) is 11.8 Å². The summed E-state index contributed by atoms with van der Waals surface area (Å²) in [5.41, 5.74) is 0. The number of nitrogens with one attached hydrogen (secondary N) is 1. The van der Waals surface area contributed by atoms with Gasteiger partial charge in [-0.25, -0.2) is 12.7 Å². The van der Waals surface area contributed by atoms with Crippen molar-refractivity contribution >= 4 is 10.0 Å². The zero-order chi connectivity index (χ0) is 15.3. The van der Waals surface area contributed by atoms with Crippen molar-refractivity contribution in [2.24, 2.45) is 11.8 Å². The fourth-order valence-electron chi connectivity index (χ4n) is 3.77. The van der Waals surface area contributed by atoms with E-state index < -0.39 is 10.0 Å². The summed E-state index contributed by atoms with van der Waals surface area (Å²) >= 11 is 0. The first-order valence-corrected chi connectivity index (χ1v) is 10.3. The summed E-state index contributed by atoms with van der Waals surface area (Å²) < 4.78 is 26.8. The van der Waals surface area contributed by atoms with Crippen molar-refractivity contribution in [1.29, 1.82) is 0 Å². The van der Waals surface area contributed by atoms with Gasteiger partial charge in [-0.3, -0.25) is 0 Å². The van der Waals surface area contributed by atoms with E-state index >= 15 is 0 Å². The zero-order valence-electron chi connectivity index (χ0n) is 13.7. The second-order valence-electron chi connectivity index (χ2n) is 6.90. The first-order valence-electron chi connectivity index (χ1n) is 8.69. The maximum atomic E-state index is 12.5. The highest BCUT2D eigenvalue weighted by Crippen LogP contribution is 2.30. The molecule has 0 unspecified atom stereocenters. The van der Waals surface area contributed by atoms with Crippen molar-refractivity contribution in [3.63, 3.8) is 0 Å². The second kappa shape index (κ2) is 7.93. The summed E-state index contributed by atoms with van der Waals surface area (Å²) in [6.45, 7) is 4.33. The Balaban J connectivity index is 1.80. The highest BCUT2D eigenvalue weighted by Gasteiger charge is 2.30. The first kappa shape index (κ1) is 17.2. The lowest BCUT2D eigenvalue weighted by Crippen LogP contribution is -2.41. The van der Waals surface area contributed by atoms with Gasteiger partial charge in [0.1, 0.15) is 0 Å². The van der Waals surface area contributed by atoms with Crippen LogP contribution >= 0.6 is 0 Å². The van der Waals surface area contributed by atoms with Gasteiger partial charge in [-0.05, 0) is 69.9 Å². The van der Waals surface area contributed by atoms with Crippen LogP contribution in [0.1, 0.15) is 58.3 Å². The molecule has 2 rings (SSSR count). The predicted octanol–water partition coefficient (Wildman–Crippen LogP) is 2.61. The largest absolute Gasteiger partial charge is 0.317 e. The van der Waals surface area contributed by atoms with Gasteiger partial charge >= 0.3 is 0 Å². The molecule has 0 aromatic carbocycles. The molecule has 0 bridgehead atoms. The van der Waals surface area contributed by atoms with Gasteiger partial charge in [-0.1, -0.05) is 13.3 Å². The van der Waals surface area contributed by atoms with Crippen molar-refractivity contribution in [3.05, 3.63) is 0 Å². The summed E-state index contributed by atoms with van der Waals surface area (Å²) in [7, 11) is -1.27. The number of hydrogen-bond donors (Lipinski definition) is 1. The summed E-state index contributed by atoms with van der Waals surface area (Å²) in [5.74, 6) is 1.74. The standard InChI is InChI=1S/C16H32N2O2S/c1-3-14-4-6-16(7-5-14)18(2)21(19,20)13-10-15-8-11-17-12-9-15/h14-17H,3-13H2,1-2H3. The molecule has 1 saturated carbocycles. The van der Waals surface area contributed by atoms with Crippen molar-refractivity contribution < 1.29 is 8.42 Å². The Hall–Kier alpha value is -0.130. The van der Waals surface area contributed by atoms with E-state index in [0.717, 1.165) is 51.1 Å². The molecule has 4 nitrogen and oxygen atoms in total. The lowest BCUT2D eigenvalue weighted by atomic mass is 9.85. The molecule has 1 heterocycles. The van der Waals surface area contributed by atoms with Gasteiger partial charge in [-0.2, -0.15) is 0 Å². The zero-order valence-corrected chi connectivity index (χ0v) is 14.5. The van der Waals surface area contributed by atoms with E-state index in [4.69, 9.17) is 0 Å². The molecule has 0 atom stereocenters. The normalized spacial score (nSPS) is 28.9. The number of nitrogens with zero attached hydrogens (tertiary/aromatic N) is 1. The minimum Gasteiger partial charge on any atom is -0.317 e. The van der Waals surface area contributed by atoms with Crippen molar-refractivity contribution in [2.75, 3.05) is 25.9 Å². The van der Waals surface area contributed by atoms with Gasteiger partial charge in [0.25, 0.3) is 0 Å². The number of sulfonamides is 1. The maximum Gasteiger partial charge on any atom is 0.214 e. The van der Waals surface area contributed by atoms with Crippen LogP contribution in [0.5, 0.6) is 0 Å². The van der Waals surface area contributed by atoms with Gasteiger partial charge in [0, 0.05) is 13.1 Å². The highest BCUT2D eigenvalue weighted by molar-refractivity contribution is 7.89. The Morgan fingerprint density at radius 3 is 2.19 bits per heavy atom. The third-order valence-electron chi connectivity index (χ3n) is 5.59. The van der Waals surface area contributed by atoms with E-state index in [-0.39, 0.29) is 6.04 Å². The lowest BCUT2D eigenvalue weighted by molar-refractivity contribution is 0.232. The maximum absolute atomic E-state index is 12.5. The van der Waals surface area contributed by atoms with E-state index in [9.17, 15) is 8.42 Å². The minimum absolute atomic E-state index is 0.242. The molecule has 1 N–H and O–H groups in total. The molecule has 0 aromatic rings. The molecular formula is C16H32N2O2S. The molecule has 0 radical (unpaired) electrons. The highest BCUT2D eigenvalue weighted by atomic mass is 32.2.